The Morgan fingerprint density at radius 1 is 1.26 bits per heavy atom. The SMILES string of the molecule is CC(C)C[C@H](NC(=O)c1ccc(C=O)cc1)C(=O)O. The molecule has 19 heavy (non-hydrogen) atoms. The number of carbonyl (C=O) groups is 3. The maximum Gasteiger partial charge on any atom is 0.326 e. The van der Waals surface area contributed by atoms with Crippen LogP contribution in [0.5, 0.6) is 0 Å². The number of aliphatic carboxylic acids is 1. The molecule has 1 atom stereocenters. The highest BCUT2D eigenvalue weighted by molar-refractivity contribution is 5.97. The summed E-state index contributed by atoms with van der Waals surface area (Å²) in [6.07, 6.45) is 1.05. The zero-order valence-electron chi connectivity index (χ0n) is 10.9. The first-order valence-corrected chi connectivity index (χ1v) is 6.03. The van der Waals surface area contributed by atoms with E-state index in [4.69, 9.17) is 5.11 Å². The first kappa shape index (κ1) is 14.9. The van der Waals surface area contributed by atoms with Gasteiger partial charge in [0, 0.05) is 11.1 Å². The molecule has 0 fully saturated rings. The Morgan fingerprint density at radius 3 is 2.26 bits per heavy atom. The van der Waals surface area contributed by atoms with E-state index in [0.717, 1.165) is 0 Å². The van der Waals surface area contributed by atoms with Gasteiger partial charge in [-0.25, -0.2) is 4.79 Å². The molecular weight excluding hydrogens is 246 g/mol. The van der Waals surface area contributed by atoms with Crippen molar-refractivity contribution in [2.45, 2.75) is 26.3 Å². The topological polar surface area (TPSA) is 83.5 Å². The molecule has 0 bridgehead atoms. The fourth-order valence-corrected chi connectivity index (χ4v) is 1.65. The second-order valence-electron chi connectivity index (χ2n) is 4.73. The lowest BCUT2D eigenvalue weighted by Crippen LogP contribution is -2.41. The van der Waals surface area contributed by atoms with Crippen molar-refractivity contribution >= 4 is 18.2 Å². The maximum atomic E-state index is 11.9. The molecule has 0 saturated heterocycles. The summed E-state index contributed by atoms with van der Waals surface area (Å²) in [4.78, 5) is 33.4. The first-order valence-electron chi connectivity index (χ1n) is 6.03. The Hall–Kier alpha value is -2.17. The Labute approximate surface area is 111 Å². The summed E-state index contributed by atoms with van der Waals surface area (Å²) in [5, 5.41) is 11.5. The Balaban J connectivity index is 2.75. The predicted molar refractivity (Wildman–Crippen MR) is 70.2 cm³/mol. The van der Waals surface area contributed by atoms with Crippen LogP contribution in [0.25, 0.3) is 0 Å². The van der Waals surface area contributed by atoms with Crippen molar-refractivity contribution in [1.29, 1.82) is 0 Å². The van der Waals surface area contributed by atoms with Gasteiger partial charge in [0.25, 0.3) is 5.91 Å². The van der Waals surface area contributed by atoms with Crippen molar-refractivity contribution in [3.05, 3.63) is 35.4 Å². The van der Waals surface area contributed by atoms with Crippen LogP contribution in [-0.4, -0.2) is 29.3 Å². The van der Waals surface area contributed by atoms with Crippen molar-refractivity contribution in [2.24, 2.45) is 5.92 Å². The second kappa shape index (κ2) is 6.68. The summed E-state index contributed by atoms with van der Waals surface area (Å²) in [6, 6.07) is 5.11. The molecule has 0 aliphatic heterocycles. The van der Waals surface area contributed by atoms with E-state index in [0.29, 0.717) is 23.8 Å². The van der Waals surface area contributed by atoms with Crippen LogP contribution in [0, 0.1) is 5.92 Å². The van der Waals surface area contributed by atoms with Gasteiger partial charge >= 0.3 is 5.97 Å². The largest absolute Gasteiger partial charge is 0.480 e. The molecule has 1 aromatic carbocycles. The molecule has 2 N–H and O–H groups in total. The molecule has 0 unspecified atom stereocenters. The normalized spacial score (nSPS) is 11.9. The van der Waals surface area contributed by atoms with Gasteiger partial charge < -0.3 is 10.4 Å². The Morgan fingerprint density at radius 2 is 1.84 bits per heavy atom. The average Bonchev–Trinajstić information content (AvgIpc) is 2.37. The van der Waals surface area contributed by atoms with Crippen molar-refractivity contribution in [3.8, 4) is 0 Å². The number of hydrogen-bond donors (Lipinski definition) is 2. The minimum atomic E-state index is -1.05. The van der Waals surface area contributed by atoms with Gasteiger partial charge in [0.05, 0.1) is 0 Å². The molecule has 1 amide bonds. The first-order chi connectivity index (χ1) is 8.93. The number of carboxylic acid groups (broad SMARTS) is 1. The van der Waals surface area contributed by atoms with Gasteiger partial charge in [0.1, 0.15) is 12.3 Å². The third-order valence-corrected chi connectivity index (χ3v) is 2.62. The van der Waals surface area contributed by atoms with Crippen LogP contribution < -0.4 is 5.32 Å². The fraction of sp³-hybridized carbons (Fsp3) is 0.357. The monoisotopic (exact) mass is 263 g/mol. The zero-order chi connectivity index (χ0) is 14.4. The molecule has 0 spiro atoms. The van der Waals surface area contributed by atoms with Gasteiger partial charge in [0.2, 0.25) is 0 Å². The van der Waals surface area contributed by atoms with Crippen LogP contribution in [0.3, 0.4) is 0 Å². The molecule has 0 aromatic heterocycles. The number of amides is 1. The summed E-state index contributed by atoms with van der Waals surface area (Å²) in [5.74, 6) is -1.34. The number of carboxylic acids is 1. The highest BCUT2D eigenvalue weighted by atomic mass is 16.4. The number of nitrogens with one attached hydrogen (secondary N) is 1. The molecule has 0 heterocycles. The van der Waals surface area contributed by atoms with Gasteiger partial charge in [-0.05, 0) is 24.5 Å². The predicted octanol–water partition coefficient (Wildman–Crippen LogP) is 1.73. The standard InChI is InChI=1S/C14H17NO4/c1-9(2)7-12(14(18)19)15-13(17)11-5-3-10(8-16)4-6-11/h3-6,8-9,12H,7H2,1-2H3,(H,15,17)(H,18,19)/t12-/m0/s1. The van der Waals surface area contributed by atoms with E-state index in [9.17, 15) is 14.4 Å². The molecule has 5 heteroatoms. The smallest absolute Gasteiger partial charge is 0.326 e. The molecule has 0 aliphatic rings. The van der Waals surface area contributed by atoms with Crippen molar-refractivity contribution in [2.75, 3.05) is 0 Å². The van der Waals surface area contributed by atoms with Gasteiger partial charge in [-0.15, -0.1) is 0 Å². The Bertz CT molecular complexity index is 465. The molecule has 0 aliphatic carbocycles. The molecule has 5 nitrogen and oxygen atoms in total. The third-order valence-electron chi connectivity index (χ3n) is 2.62. The number of carbonyl (C=O) groups excluding carboxylic acids is 2. The number of hydrogen-bond acceptors (Lipinski definition) is 3. The van der Waals surface area contributed by atoms with Crippen molar-refractivity contribution in [3.63, 3.8) is 0 Å². The van der Waals surface area contributed by atoms with Crippen LogP contribution in [0.4, 0.5) is 0 Å². The quantitative estimate of drug-likeness (QED) is 0.765. The van der Waals surface area contributed by atoms with Crippen LogP contribution in [0.1, 0.15) is 41.0 Å². The molecule has 0 radical (unpaired) electrons. The Kier molecular flexibility index (Phi) is 5.23. The summed E-state index contributed by atoms with van der Waals surface area (Å²) >= 11 is 0. The van der Waals surface area contributed by atoms with E-state index in [-0.39, 0.29) is 5.92 Å². The number of benzene rings is 1. The van der Waals surface area contributed by atoms with Gasteiger partial charge in [-0.1, -0.05) is 26.0 Å². The molecule has 1 rings (SSSR count). The second-order valence-corrected chi connectivity index (χ2v) is 4.73. The average molecular weight is 263 g/mol. The van der Waals surface area contributed by atoms with E-state index in [1.807, 2.05) is 13.8 Å². The van der Waals surface area contributed by atoms with E-state index in [1.54, 1.807) is 0 Å². The maximum absolute atomic E-state index is 11.9. The molecule has 102 valence electrons. The minimum absolute atomic E-state index is 0.166. The lowest BCUT2D eigenvalue weighted by molar-refractivity contribution is -0.139. The van der Waals surface area contributed by atoms with Crippen molar-refractivity contribution in [1.82, 2.24) is 5.32 Å². The summed E-state index contributed by atoms with van der Waals surface area (Å²) < 4.78 is 0. The molecular formula is C14H17NO4. The molecule has 1 aromatic rings. The van der Waals surface area contributed by atoms with Crippen LogP contribution in [0.2, 0.25) is 0 Å². The van der Waals surface area contributed by atoms with Gasteiger partial charge in [0.15, 0.2) is 0 Å². The third kappa shape index (κ3) is 4.54. The van der Waals surface area contributed by atoms with Gasteiger partial charge in [-0.2, -0.15) is 0 Å². The zero-order valence-corrected chi connectivity index (χ0v) is 10.9. The van der Waals surface area contributed by atoms with Crippen LogP contribution in [-0.2, 0) is 4.79 Å². The number of rotatable bonds is 6. The summed E-state index contributed by atoms with van der Waals surface area (Å²) in [7, 11) is 0. The molecule has 0 saturated carbocycles. The van der Waals surface area contributed by atoms with E-state index in [2.05, 4.69) is 5.32 Å². The van der Waals surface area contributed by atoms with E-state index < -0.39 is 17.9 Å². The van der Waals surface area contributed by atoms with Crippen molar-refractivity contribution < 1.29 is 19.5 Å². The lowest BCUT2D eigenvalue weighted by Gasteiger charge is -2.16. The fourth-order valence-electron chi connectivity index (χ4n) is 1.65. The van der Waals surface area contributed by atoms with Gasteiger partial charge in [-0.3, -0.25) is 9.59 Å². The highest BCUT2D eigenvalue weighted by Crippen LogP contribution is 2.07. The van der Waals surface area contributed by atoms with E-state index >= 15 is 0 Å². The lowest BCUT2D eigenvalue weighted by atomic mass is 10.0. The highest BCUT2D eigenvalue weighted by Gasteiger charge is 2.21. The summed E-state index contributed by atoms with van der Waals surface area (Å²) in [5.41, 5.74) is 0.800. The number of aldehydes is 1. The summed E-state index contributed by atoms with van der Waals surface area (Å²) in [6.45, 7) is 3.78. The van der Waals surface area contributed by atoms with E-state index in [1.165, 1.54) is 24.3 Å². The van der Waals surface area contributed by atoms with Crippen LogP contribution >= 0.6 is 0 Å². The van der Waals surface area contributed by atoms with Crippen LogP contribution in [0.15, 0.2) is 24.3 Å². The minimum Gasteiger partial charge on any atom is -0.480 e.